The lowest BCUT2D eigenvalue weighted by Gasteiger charge is -2.16. The zero-order valence-corrected chi connectivity index (χ0v) is 11.8. The lowest BCUT2D eigenvalue weighted by Crippen LogP contribution is -2.29. The third-order valence-electron chi connectivity index (χ3n) is 3.03. The smallest absolute Gasteiger partial charge is 0.248 e. The number of methoxy groups -OCH3 is 1. The molecule has 0 fully saturated rings. The lowest BCUT2D eigenvalue weighted by molar-refractivity contribution is -0.119. The Labute approximate surface area is 118 Å². The van der Waals surface area contributed by atoms with Crippen LogP contribution in [0.25, 0.3) is 0 Å². The van der Waals surface area contributed by atoms with Crippen LogP contribution in [0.15, 0.2) is 18.2 Å². The van der Waals surface area contributed by atoms with Gasteiger partial charge in [0.25, 0.3) is 0 Å². The molecule has 5 N–H and O–H groups in total. The maximum atomic E-state index is 12.1. The van der Waals surface area contributed by atoms with Gasteiger partial charge in [0.05, 0.1) is 18.7 Å². The Morgan fingerprint density at radius 3 is 2.60 bits per heavy atom. The maximum absolute atomic E-state index is 12.1. The summed E-state index contributed by atoms with van der Waals surface area (Å²) in [6.07, 6.45) is 1.58. The van der Waals surface area contributed by atoms with Crippen LogP contribution in [0.4, 0.5) is 5.69 Å². The number of hydrogen-bond donors (Lipinski definition) is 3. The van der Waals surface area contributed by atoms with Crippen LogP contribution in [0, 0.1) is 5.92 Å². The number of ether oxygens (including phenoxy) is 1. The molecule has 110 valence electrons. The molecule has 0 aliphatic heterocycles. The van der Waals surface area contributed by atoms with E-state index in [1.807, 2.05) is 6.92 Å². The minimum atomic E-state index is -0.563. The monoisotopic (exact) mass is 279 g/mol. The molecule has 0 heterocycles. The first-order valence-electron chi connectivity index (χ1n) is 6.52. The van der Waals surface area contributed by atoms with E-state index in [-0.39, 0.29) is 18.4 Å². The second-order valence-electron chi connectivity index (χ2n) is 4.49. The fourth-order valence-corrected chi connectivity index (χ4v) is 1.90. The van der Waals surface area contributed by atoms with Gasteiger partial charge >= 0.3 is 0 Å². The minimum absolute atomic E-state index is 0.186. The van der Waals surface area contributed by atoms with Crippen molar-refractivity contribution < 1.29 is 14.3 Å². The third kappa shape index (κ3) is 3.96. The molecule has 0 aliphatic rings. The van der Waals surface area contributed by atoms with Gasteiger partial charge in [0.1, 0.15) is 5.75 Å². The van der Waals surface area contributed by atoms with Crippen molar-refractivity contribution in [2.24, 2.45) is 17.4 Å². The van der Waals surface area contributed by atoms with Crippen molar-refractivity contribution in [1.82, 2.24) is 0 Å². The van der Waals surface area contributed by atoms with Gasteiger partial charge in [-0.2, -0.15) is 0 Å². The predicted molar refractivity (Wildman–Crippen MR) is 77.6 cm³/mol. The second kappa shape index (κ2) is 7.49. The molecular weight excluding hydrogens is 258 g/mol. The van der Waals surface area contributed by atoms with Crippen molar-refractivity contribution in [2.75, 3.05) is 19.0 Å². The lowest BCUT2D eigenvalue weighted by atomic mass is 10.0. The van der Waals surface area contributed by atoms with E-state index in [1.165, 1.54) is 13.2 Å². The molecule has 0 aliphatic carbocycles. The highest BCUT2D eigenvalue weighted by Gasteiger charge is 2.18. The van der Waals surface area contributed by atoms with Gasteiger partial charge in [-0.05, 0) is 24.6 Å². The molecule has 0 aromatic heterocycles. The Bertz CT molecular complexity index is 489. The van der Waals surface area contributed by atoms with Gasteiger partial charge in [0.2, 0.25) is 11.8 Å². The molecule has 1 aromatic rings. The van der Waals surface area contributed by atoms with Crippen LogP contribution in [-0.2, 0) is 4.79 Å². The van der Waals surface area contributed by atoms with Gasteiger partial charge in [-0.3, -0.25) is 9.59 Å². The van der Waals surface area contributed by atoms with Gasteiger partial charge in [-0.1, -0.05) is 13.3 Å². The number of benzene rings is 1. The number of carbonyl (C=O) groups excluding carboxylic acids is 2. The van der Waals surface area contributed by atoms with Crippen molar-refractivity contribution in [3.05, 3.63) is 23.8 Å². The van der Waals surface area contributed by atoms with E-state index in [1.54, 1.807) is 12.1 Å². The molecule has 20 heavy (non-hydrogen) atoms. The maximum Gasteiger partial charge on any atom is 0.248 e. The number of nitrogens with two attached hydrogens (primary N) is 2. The Balaban J connectivity index is 2.97. The first-order valence-corrected chi connectivity index (χ1v) is 6.52. The summed E-state index contributed by atoms with van der Waals surface area (Å²) >= 11 is 0. The number of hydrogen-bond acceptors (Lipinski definition) is 4. The zero-order chi connectivity index (χ0) is 15.1. The van der Waals surface area contributed by atoms with Crippen molar-refractivity contribution in [3.8, 4) is 5.75 Å². The molecule has 6 heteroatoms. The van der Waals surface area contributed by atoms with Crippen LogP contribution in [0.2, 0.25) is 0 Å². The Kier molecular flexibility index (Phi) is 5.99. The first-order chi connectivity index (χ1) is 9.53. The average molecular weight is 279 g/mol. The summed E-state index contributed by atoms with van der Waals surface area (Å²) in [5.74, 6) is -0.543. The molecule has 1 rings (SSSR count). The van der Waals surface area contributed by atoms with Crippen LogP contribution in [0.5, 0.6) is 5.75 Å². The summed E-state index contributed by atoms with van der Waals surface area (Å²) in [6, 6.07) is 4.63. The van der Waals surface area contributed by atoms with Crippen LogP contribution in [-0.4, -0.2) is 25.5 Å². The zero-order valence-electron chi connectivity index (χ0n) is 11.8. The summed E-state index contributed by atoms with van der Waals surface area (Å²) in [6.45, 7) is 2.27. The summed E-state index contributed by atoms with van der Waals surface area (Å²) in [4.78, 5) is 23.3. The van der Waals surface area contributed by atoms with E-state index >= 15 is 0 Å². The van der Waals surface area contributed by atoms with E-state index in [0.717, 1.165) is 6.42 Å². The fraction of sp³-hybridized carbons (Fsp3) is 0.429. The van der Waals surface area contributed by atoms with Crippen molar-refractivity contribution >= 4 is 17.5 Å². The van der Waals surface area contributed by atoms with E-state index < -0.39 is 5.91 Å². The highest BCUT2D eigenvalue weighted by atomic mass is 16.5. The second-order valence-corrected chi connectivity index (χ2v) is 4.49. The highest BCUT2D eigenvalue weighted by Crippen LogP contribution is 2.26. The van der Waals surface area contributed by atoms with Gasteiger partial charge in [0, 0.05) is 12.1 Å². The summed E-state index contributed by atoms with van der Waals surface area (Å²) in [7, 11) is 1.49. The Hall–Kier alpha value is -2.08. The van der Waals surface area contributed by atoms with E-state index in [0.29, 0.717) is 23.4 Å². The number of primary amides is 1. The summed E-state index contributed by atoms with van der Waals surface area (Å²) < 4.78 is 5.16. The molecule has 0 radical (unpaired) electrons. The van der Waals surface area contributed by atoms with Gasteiger partial charge in [-0.15, -0.1) is 0 Å². The largest absolute Gasteiger partial charge is 0.495 e. The molecule has 0 bridgehead atoms. The van der Waals surface area contributed by atoms with Gasteiger partial charge in [-0.25, -0.2) is 0 Å². The van der Waals surface area contributed by atoms with E-state index in [9.17, 15) is 9.59 Å². The molecule has 0 saturated carbocycles. The topological polar surface area (TPSA) is 107 Å². The van der Waals surface area contributed by atoms with Gasteiger partial charge < -0.3 is 21.5 Å². The molecule has 6 nitrogen and oxygen atoms in total. The molecular formula is C14H21N3O3. The van der Waals surface area contributed by atoms with Crippen molar-refractivity contribution in [1.29, 1.82) is 0 Å². The van der Waals surface area contributed by atoms with Crippen LogP contribution in [0.3, 0.4) is 0 Å². The van der Waals surface area contributed by atoms with Crippen LogP contribution >= 0.6 is 0 Å². The van der Waals surface area contributed by atoms with Gasteiger partial charge in [0.15, 0.2) is 0 Å². The molecule has 0 saturated heterocycles. The quantitative estimate of drug-likeness (QED) is 0.694. The third-order valence-corrected chi connectivity index (χ3v) is 3.03. The average Bonchev–Trinajstić information content (AvgIpc) is 2.44. The summed E-state index contributed by atoms with van der Waals surface area (Å²) in [5.41, 5.74) is 11.5. The minimum Gasteiger partial charge on any atom is -0.495 e. The SMILES string of the molecule is CCCC(CN)C(=O)Nc1cc(C(N)=O)ccc1OC. The highest BCUT2D eigenvalue weighted by molar-refractivity contribution is 5.98. The molecule has 1 unspecified atom stereocenters. The standard InChI is InChI=1S/C14H21N3O3/c1-3-4-10(8-15)14(19)17-11-7-9(13(16)18)5-6-12(11)20-2/h5-7,10H,3-4,8,15H2,1-2H3,(H2,16,18)(H,17,19). The molecule has 1 atom stereocenters. The number of anilines is 1. The molecule has 1 aromatic carbocycles. The van der Waals surface area contributed by atoms with Crippen LogP contribution in [0.1, 0.15) is 30.1 Å². The van der Waals surface area contributed by atoms with Crippen LogP contribution < -0.4 is 21.5 Å². The van der Waals surface area contributed by atoms with Crippen molar-refractivity contribution in [3.63, 3.8) is 0 Å². The summed E-state index contributed by atoms with van der Waals surface area (Å²) in [5, 5.41) is 2.74. The van der Waals surface area contributed by atoms with E-state index in [4.69, 9.17) is 16.2 Å². The number of amides is 2. The number of carbonyl (C=O) groups is 2. The fourth-order valence-electron chi connectivity index (χ4n) is 1.90. The van der Waals surface area contributed by atoms with Crippen molar-refractivity contribution in [2.45, 2.75) is 19.8 Å². The predicted octanol–water partition coefficient (Wildman–Crippen LogP) is 1.11. The normalized spacial score (nSPS) is 11.8. The Morgan fingerprint density at radius 1 is 1.40 bits per heavy atom. The first kappa shape index (κ1) is 16.0. The Morgan fingerprint density at radius 2 is 2.10 bits per heavy atom. The molecule has 0 spiro atoms. The number of rotatable bonds is 7. The van der Waals surface area contributed by atoms with E-state index in [2.05, 4.69) is 5.32 Å². The number of nitrogens with one attached hydrogen (secondary N) is 1. The molecule has 2 amide bonds.